The standard InChI is InChI=1S/C22H20FN5O/c1-29-17-11-14(8-9-16(17)23)19-18-20(24)25-21(26-22(18)28-27-19)15-7-6-12-4-2-3-5-13(12)10-15/h2-5,8-9,11,15H,6-7,10H2,1H3,(H3,24,25,26,27,28). The number of halogens is 1. The van der Waals surface area contributed by atoms with Gasteiger partial charge in [0.25, 0.3) is 0 Å². The topological polar surface area (TPSA) is 89.7 Å². The molecule has 0 spiro atoms. The van der Waals surface area contributed by atoms with Crippen molar-refractivity contribution in [2.24, 2.45) is 0 Å². The maximum Gasteiger partial charge on any atom is 0.165 e. The monoisotopic (exact) mass is 389 g/mol. The van der Waals surface area contributed by atoms with Crippen LogP contribution in [0.5, 0.6) is 5.75 Å². The third-order valence-electron chi connectivity index (χ3n) is 5.60. The van der Waals surface area contributed by atoms with Crippen molar-refractivity contribution in [3.8, 4) is 17.0 Å². The fraction of sp³-hybridized carbons (Fsp3) is 0.227. The molecule has 1 aliphatic rings. The number of nitrogens with two attached hydrogens (primary N) is 1. The number of aromatic nitrogens is 4. The molecule has 2 aromatic carbocycles. The number of nitrogen functional groups attached to an aromatic ring is 1. The number of aromatic amines is 1. The lowest BCUT2D eigenvalue weighted by Crippen LogP contribution is -2.16. The van der Waals surface area contributed by atoms with Crippen LogP contribution in [0.4, 0.5) is 10.2 Å². The van der Waals surface area contributed by atoms with Crippen molar-refractivity contribution in [3.05, 3.63) is 65.2 Å². The molecule has 1 atom stereocenters. The highest BCUT2D eigenvalue weighted by molar-refractivity contribution is 5.98. The summed E-state index contributed by atoms with van der Waals surface area (Å²) in [7, 11) is 1.43. The van der Waals surface area contributed by atoms with Gasteiger partial charge in [-0.1, -0.05) is 24.3 Å². The molecule has 7 heteroatoms. The lowest BCUT2D eigenvalue weighted by atomic mass is 9.83. The smallest absolute Gasteiger partial charge is 0.165 e. The Morgan fingerprint density at radius 3 is 2.79 bits per heavy atom. The Morgan fingerprint density at radius 1 is 1.14 bits per heavy atom. The number of benzene rings is 2. The van der Waals surface area contributed by atoms with Gasteiger partial charge < -0.3 is 10.5 Å². The first-order valence-corrected chi connectivity index (χ1v) is 9.56. The van der Waals surface area contributed by atoms with Crippen molar-refractivity contribution in [3.63, 3.8) is 0 Å². The van der Waals surface area contributed by atoms with E-state index in [2.05, 4.69) is 39.4 Å². The number of aryl methyl sites for hydroxylation is 1. The number of ether oxygens (including phenoxy) is 1. The first kappa shape index (κ1) is 17.6. The largest absolute Gasteiger partial charge is 0.494 e. The summed E-state index contributed by atoms with van der Waals surface area (Å²) in [6, 6.07) is 13.1. The van der Waals surface area contributed by atoms with Gasteiger partial charge in [-0.3, -0.25) is 5.10 Å². The third kappa shape index (κ3) is 2.99. The molecule has 1 unspecified atom stereocenters. The second-order valence-electron chi connectivity index (χ2n) is 7.32. The van der Waals surface area contributed by atoms with Crippen molar-refractivity contribution in [1.29, 1.82) is 0 Å². The Morgan fingerprint density at radius 2 is 1.97 bits per heavy atom. The van der Waals surface area contributed by atoms with E-state index in [1.54, 1.807) is 12.1 Å². The van der Waals surface area contributed by atoms with Crippen LogP contribution in [-0.4, -0.2) is 27.3 Å². The van der Waals surface area contributed by atoms with Crippen molar-refractivity contribution >= 4 is 16.9 Å². The van der Waals surface area contributed by atoms with E-state index in [4.69, 9.17) is 15.5 Å². The van der Waals surface area contributed by atoms with Gasteiger partial charge in [0.15, 0.2) is 17.2 Å². The van der Waals surface area contributed by atoms with Crippen molar-refractivity contribution in [1.82, 2.24) is 20.2 Å². The summed E-state index contributed by atoms with van der Waals surface area (Å²) in [5.74, 6) is 1.04. The highest BCUT2D eigenvalue weighted by Crippen LogP contribution is 2.35. The minimum atomic E-state index is -0.430. The molecular weight excluding hydrogens is 369 g/mol. The maximum atomic E-state index is 13.8. The minimum absolute atomic E-state index is 0.149. The fourth-order valence-electron chi connectivity index (χ4n) is 4.09. The fourth-order valence-corrected chi connectivity index (χ4v) is 4.09. The van der Waals surface area contributed by atoms with E-state index in [9.17, 15) is 4.39 Å². The van der Waals surface area contributed by atoms with Gasteiger partial charge >= 0.3 is 0 Å². The summed E-state index contributed by atoms with van der Waals surface area (Å²) in [4.78, 5) is 9.34. The second-order valence-corrected chi connectivity index (χ2v) is 7.32. The number of anilines is 1. The molecule has 0 fully saturated rings. The maximum absolute atomic E-state index is 13.8. The van der Waals surface area contributed by atoms with E-state index < -0.39 is 5.82 Å². The van der Waals surface area contributed by atoms with Gasteiger partial charge in [-0.05, 0) is 48.6 Å². The van der Waals surface area contributed by atoms with E-state index >= 15 is 0 Å². The molecule has 0 saturated carbocycles. The molecule has 2 heterocycles. The molecule has 0 radical (unpaired) electrons. The Balaban J connectivity index is 1.54. The molecule has 1 aliphatic carbocycles. The van der Waals surface area contributed by atoms with Crippen molar-refractivity contribution < 1.29 is 9.13 Å². The average molecular weight is 389 g/mol. The van der Waals surface area contributed by atoms with Gasteiger partial charge in [-0.25, -0.2) is 14.4 Å². The molecule has 3 N–H and O–H groups in total. The lowest BCUT2D eigenvalue weighted by molar-refractivity contribution is 0.387. The van der Waals surface area contributed by atoms with Gasteiger partial charge in [0.05, 0.1) is 12.5 Å². The van der Waals surface area contributed by atoms with Gasteiger partial charge in [-0.15, -0.1) is 0 Å². The van der Waals surface area contributed by atoms with Gasteiger partial charge in [0, 0.05) is 11.5 Å². The number of H-pyrrole nitrogens is 1. The Labute approximate surface area is 167 Å². The Hall–Kier alpha value is -3.48. The van der Waals surface area contributed by atoms with Crippen molar-refractivity contribution in [2.45, 2.75) is 25.2 Å². The van der Waals surface area contributed by atoms with E-state index in [0.29, 0.717) is 28.1 Å². The average Bonchev–Trinajstić information content (AvgIpc) is 3.18. The number of nitrogens with zero attached hydrogens (tertiary/aromatic N) is 3. The zero-order valence-corrected chi connectivity index (χ0v) is 15.9. The molecule has 4 aromatic rings. The molecule has 6 nitrogen and oxygen atoms in total. The Bertz CT molecular complexity index is 1220. The zero-order valence-electron chi connectivity index (χ0n) is 15.9. The van der Waals surface area contributed by atoms with Crippen molar-refractivity contribution in [2.75, 3.05) is 12.8 Å². The van der Waals surface area contributed by atoms with E-state index in [1.165, 1.54) is 24.3 Å². The molecule has 0 aliphatic heterocycles. The summed E-state index contributed by atoms with van der Waals surface area (Å²) in [6.45, 7) is 0. The van der Waals surface area contributed by atoms with Crippen LogP contribution in [0.3, 0.4) is 0 Å². The van der Waals surface area contributed by atoms with Crippen LogP contribution < -0.4 is 10.5 Å². The third-order valence-corrected chi connectivity index (χ3v) is 5.60. The first-order valence-electron chi connectivity index (χ1n) is 9.56. The number of rotatable bonds is 3. The molecule has 0 saturated heterocycles. The quantitative estimate of drug-likeness (QED) is 0.552. The molecule has 146 valence electrons. The van der Waals surface area contributed by atoms with Gasteiger partial charge in [-0.2, -0.15) is 5.10 Å². The SMILES string of the molecule is COc1cc(-c2n[nH]c3nc(C4CCc5ccccc5C4)nc(N)c23)ccc1F. The summed E-state index contributed by atoms with van der Waals surface area (Å²) in [6.07, 6.45) is 2.89. The number of hydrogen-bond acceptors (Lipinski definition) is 5. The number of fused-ring (bicyclic) bond motifs is 2. The lowest BCUT2D eigenvalue weighted by Gasteiger charge is -2.23. The zero-order chi connectivity index (χ0) is 20.0. The van der Waals surface area contributed by atoms with Crippen LogP contribution in [0, 0.1) is 5.82 Å². The van der Waals surface area contributed by atoms with Crippen LogP contribution in [-0.2, 0) is 12.8 Å². The van der Waals surface area contributed by atoms with Crippen LogP contribution >= 0.6 is 0 Å². The molecule has 5 rings (SSSR count). The highest BCUT2D eigenvalue weighted by Gasteiger charge is 2.24. The van der Waals surface area contributed by atoms with Crippen LogP contribution in [0.15, 0.2) is 42.5 Å². The van der Waals surface area contributed by atoms with E-state index in [1.807, 2.05) is 0 Å². The molecule has 29 heavy (non-hydrogen) atoms. The normalized spacial score (nSPS) is 16.0. The second kappa shape index (κ2) is 6.84. The molecule has 0 amide bonds. The minimum Gasteiger partial charge on any atom is -0.494 e. The summed E-state index contributed by atoms with van der Waals surface area (Å²) >= 11 is 0. The number of methoxy groups -OCH3 is 1. The van der Waals surface area contributed by atoms with Crippen LogP contribution in [0.1, 0.15) is 29.3 Å². The summed E-state index contributed by atoms with van der Waals surface area (Å²) < 4.78 is 18.8. The predicted octanol–water partition coefficient (Wildman–Crippen LogP) is 4.02. The van der Waals surface area contributed by atoms with Crippen LogP contribution in [0.2, 0.25) is 0 Å². The van der Waals surface area contributed by atoms with Gasteiger partial charge in [0.2, 0.25) is 0 Å². The van der Waals surface area contributed by atoms with Gasteiger partial charge in [0.1, 0.15) is 17.3 Å². The van der Waals surface area contributed by atoms with E-state index in [-0.39, 0.29) is 11.7 Å². The number of nitrogens with one attached hydrogen (secondary N) is 1. The summed E-state index contributed by atoms with van der Waals surface area (Å²) in [5, 5.41) is 7.97. The first-order chi connectivity index (χ1) is 14.1. The summed E-state index contributed by atoms with van der Waals surface area (Å²) in [5.41, 5.74) is 10.9. The van der Waals surface area contributed by atoms with Crippen LogP contribution in [0.25, 0.3) is 22.3 Å². The predicted molar refractivity (Wildman–Crippen MR) is 109 cm³/mol. The number of hydrogen-bond donors (Lipinski definition) is 2. The molecular formula is C22H20FN5O. The molecule has 2 aromatic heterocycles. The Kier molecular flexibility index (Phi) is 4.16. The molecule has 0 bridgehead atoms. The highest BCUT2D eigenvalue weighted by atomic mass is 19.1. The van der Waals surface area contributed by atoms with E-state index in [0.717, 1.165) is 25.1 Å².